The summed E-state index contributed by atoms with van der Waals surface area (Å²) in [6, 6.07) is 6.34. The van der Waals surface area contributed by atoms with Gasteiger partial charge in [0.25, 0.3) is 5.91 Å². The summed E-state index contributed by atoms with van der Waals surface area (Å²) in [5.74, 6) is 2.90. The lowest BCUT2D eigenvalue weighted by Crippen LogP contribution is -2.43. The van der Waals surface area contributed by atoms with E-state index in [-0.39, 0.29) is 18.0 Å². The summed E-state index contributed by atoms with van der Waals surface area (Å²) in [6.07, 6.45) is 11.5. The van der Waals surface area contributed by atoms with Gasteiger partial charge >= 0.3 is 0 Å². The highest BCUT2D eigenvalue weighted by Gasteiger charge is 2.70. The Bertz CT molecular complexity index is 1090. The molecule has 170 valence electrons. The fourth-order valence-electron chi connectivity index (χ4n) is 8.87. The molecule has 6 nitrogen and oxygen atoms in total. The third-order valence-electron chi connectivity index (χ3n) is 10.2. The van der Waals surface area contributed by atoms with E-state index in [0.29, 0.717) is 16.5 Å². The molecule has 6 heteroatoms. The van der Waals surface area contributed by atoms with E-state index in [1.165, 1.54) is 38.5 Å². The normalized spacial score (nSPS) is 40.6. The van der Waals surface area contributed by atoms with Gasteiger partial charge in [0.1, 0.15) is 11.3 Å². The van der Waals surface area contributed by atoms with Crippen LogP contribution >= 0.6 is 0 Å². The number of fused-ring (bicyclic) bond motifs is 3. The first-order valence-electron chi connectivity index (χ1n) is 12.7. The van der Waals surface area contributed by atoms with Crippen molar-refractivity contribution in [1.82, 2.24) is 19.6 Å². The van der Waals surface area contributed by atoms with Crippen LogP contribution < -0.4 is 11.1 Å². The predicted molar refractivity (Wildman–Crippen MR) is 123 cm³/mol. The van der Waals surface area contributed by atoms with Crippen LogP contribution in [0, 0.1) is 28.6 Å². The Morgan fingerprint density at radius 1 is 1.28 bits per heavy atom. The molecule has 0 aromatic carbocycles. The third-order valence-corrected chi connectivity index (χ3v) is 10.2. The second-order valence-electron chi connectivity index (χ2n) is 12.0. The van der Waals surface area contributed by atoms with Crippen molar-refractivity contribution in [3.05, 3.63) is 35.8 Å². The van der Waals surface area contributed by atoms with Crippen molar-refractivity contribution in [1.29, 1.82) is 0 Å². The van der Waals surface area contributed by atoms with Gasteiger partial charge in [-0.1, -0.05) is 6.07 Å². The minimum absolute atomic E-state index is 0.0380. The van der Waals surface area contributed by atoms with Crippen LogP contribution in [-0.4, -0.2) is 45.9 Å². The van der Waals surface area contributed by atoms with Gasteiger partial charge in [-0.15, -0.1) is 0 Å². The Morgan fingerprint density at radius 3 is 3.03 bits per heavy atom. The quantitative estimate of drug-likeness (QED) is 0.758. The number of nitrogens with two attached hydrogens (primary N) is 1. The molecule has 2 aromatic rings. The highest BCUT2D eigenvalue weighted by molar-refractivity contribution is 5.93. The number of aromatic nitrogens is 2. The lowest BCUT2D eigenvalue weighted by atomic mass is 9.55. The first kappa shape index (κ1) is 19.5. The van der Waals surface area contributed by atoms with E-state index in [1.54, 1.807) is 0 Å². The van der Waals surface area contributed by atoms with Gasteiger partial charge in [0, 0.05) is 31.9 Å². The number of carbonyl (C=O) groups excluding carboxylic acids is 1. The molecule has 6 unspecified atom stereocenters. The molecule has 3 heterocycles. The van der Waals surface area contributed by atoms with E-state index in [1.807, 2.05) is 22.6 Å². The topological polar surface area (TPSA) is 75.7 Å². The highest BCUT2D eigenvalue weighted by Crippen LogP contribution is 2.78. The summed E-state index contributed by atoms with van der Waals surface area (Å²) in [5, 5.41) is 3.37. The zero-order chi connectivity index (χ0) is 21.7. The summed E-state index contributed by atoms with van der Waals surface area (Å²) in [7, 11) is 0. The number of rotatable bonds is 5. The maximum atomic E-state index is 13.3. The lowest BCUT2D eigenvalue weighted by Gasteiger charge is -2.49. The molecule has 5 fully saturated rings. The van der Waals surface area contributed by atoms with Crippen LogP contribution in [0.1, 0.15) is 74.1 Å². The molecule has 1 spiro atoms. The van der Waals surface area contributed by atoms with E-state index in [2.05, 4.69) is 23.3 Å². The summed E-state index contributed by atoms with van der Waals surface area (Å²) < 4.78 is 1.98. The molecular weight excluding hydrogens is 398 g/mol. The summed E-state index contributed by atoms with van der Waals surface area (Å²) in [6.45, 7) is 4.95. The van der Waals surface area contributed by atoms with Crippen LogP contribution in [-0.2, 0) is 0 Å². The van der Waals surface area contributed by atoms with E-state index in [4.69, 9.17) is 10.7 Å². The SMILES string of the molecule is CC(c1cn2c(C(=O)NCC34CC5CC6CC(C3)C6(C5)C4)cccc2n1)N1CC[C@@H](N)C1. The number of pyridine rings is 1. The fraction of sp³-hybridized carbons (Fsp3) is 0.692. The van der Waals surface area contributed by atoms with Gasteiger partial charge in [0.2, 0.25) is 0 Å². The second kappa shape index (κ2) is 6.57. The molecule has 0 radical (unpaired) electrons. The first-order chi connectivity index (χ1) is 15.4. The summed E-state index contributed by atoms with van der Waals surface area (Å²) >= 11 is 0. The average Bonchev–Trinajstić information content (AvgIpc) is 3.49. The third kappa shape index (κ3) is 2.65. The van der Waals surface area contributed by atoms with Crippen LogP contribution in [0.15, 0.2) is 24.4 Å². The van der Waals surface area contributed by atoms with Crippen LogP contribution in [0.5, 0.6) is 0 Å². The Hall–Kier alpha value is -1.92. The first-order valence-corrected chi connectivity index (χ1v) is 12.7. The summed E-state index contributed by atoms with van der Waals surface area (Å²) in [4.78, 5) is 20.6. The van der Waals surface area contributed by atoms with Gasteiger partial charge in [0.15, 0.2) is 0 Å². The van der Waals surface area contributed by atoms with E-state index in [9.17, 15) is 4.79 Å². The second-order valence-corrected chi connectivity index (χ2v) is 12.0. The van der Waals surface area contributed by atoms with Crippen LogP contribution in [0.25, 0.3) is 5.65 Å². The number of nitrogens with zero attached hydrogens (tertiary/aromatic N) is 3. The van der Waals surface area contributed by atoms with Gasteiger partial charge in [0.05, 0.1) is 11.7 Å². The molecule has 4 saturated carbocycles. The number of hydrogen-bond acceptors (Lipinski definition) is 4. The minimum atomic E-state index is 0.0380. The van der Waals surface area contributed by atoms with E-state index >= 15 is 0 Å². The molecule has 5 aliphatic rings. The van der Waals surface area contributed by atoms with Crippen molar-refractivity contribution < 1.29 is 4.79 Å². The molecule has 1 saturated heterocycles. The zero-order valence-electron chi connectivity index (χ0n) is 19.1. The summed E-state index contributed by atoms with van der Waals surface area (Å²) in [5.41, 5.74) is 9.68. The maximum absolute atomic E-state index is 13.3. The van der Waals surface area contributed by atoms with Gasteiger partial charge in [-0.2, -0.15) is 0 Å². The number of amides is 1. The smallest absolute Gasteiger partial charge is 0.268 e. The van der Waals surface area contributed by atoms with Crippen molar-refractivity contribution in [2.75, 3.05) is 19.6 Å². The van der Waals surface area contributed by atoms with Crippen molar-refractivity contribution in [3.8, 4) is 0 Å². The highest BCUT2D eigenvalue weighted by atomic mass is 16.1. The van der Waals surface area contributed by atoms with Crippen molar-refractivity contribution in [2.45, 2.75) is 64.0 Å². The maximum Gasteiger partial charge on any atom is 0.268 e. The Labute approximate surface area is 189 Å². The Balaban J connectivity index is 1.10. The van der Waals surface area contributed by atoms with E-state index < -0.39 is 0 Å². The van der Waals surface area contributed by atoms with Gasteiger partial charge in [-0.25, -0.2) is 4.98 Å². The molecule has 1 aliphatic heterocycles. The van der Waals surface area contributed by atoms with Crippen LogP contribution in [0.3, 0.4) is 0 Å². The lowest BCUT2D eigenvalue weighted by molar-refractivity contribution is -0.00254. The van der Waals surface area contributed by atoms with E-state index in [0.717, 1.165) is 55.1 Å². The van der Waals surface area contributed by atoms with Crippen LogP contribution in [0.4, 0.5) is 0 Å². The Morgan fingerprint density at radius 2 is 2.19 bits per heavy atom. The largest absolute Gasteiger partial charge is 0.350 e. The minimum Gasteiger partial charge on any atom is -0.350 e. The molecule has 4 aliphatic carbocycles. The molecule has 7 atom stereocenters. The molecule has 32 heavy (non-hydrogen) atoms. The molecule has 3 bridgehead atoms. The van der Waals surface area contributed by atoms with Crippen LogP contribution in [0.2, 0.25) is 0 Å². The monoisotopic (exact) mass is 433 g/mol. The van der Waals surface area contributed by atoms with Gasteiger partial charge in [-0.3, -0.25) is 14.1 Å². The fourth-order valence-corrected chi connectivity index (χ4v) is 8.87. The number of nitrogens with one attached hydrogen (secondary N) is 1. The number of carbonyl (C=O) groups is 1. The van der Waals surface area contributed by atoms with Crippen molar-refractivity contribution >= 4 is 11.6 Å². The number of imidazole rings is 1. The van der Waals surface area contributed by atoms with Crippen molar-refractivity contribution in [2.24, 2.45) is 34.3 Å². The predicted octanol–water partition coefficient (Wildman–Crippen LogP) is 3.37. The molecule has 3 N–H and O–H groups in total. The van der Waals surface area contributed by atoms with Gasteiger partial charge < -0.3 is 11.1 Å². The zero-order valence-corrected chi connectivity index (χ0v) is 19.1. The molecule has 1 amide bonds. The van der Waals surface area contributed by atoms with Crippen molar-refractivity contribution in [3.63, 3.8) is 0 Å². The number of likely N-dealkylation sites (tertiary alicyclic amines) is 1. The molecule has 2 aromatic heterocycles. The standard InChI is InChI=1S/C26H35N5O/c1-16(30-6-5-20(27)12-30)21-13-31-22(3-2-4-23(31)29-21)24(32)28-15-25-9-17-7-18-8-19(11-25)26(18,10-17)14-25/h2-4,13,16-20H,5-12,14-15,27H2,1H3,(H,28,32)/t16?,17?,18?,19?,20-,25?,26?/m1/s1. The molecule has 7 rings (SSSR count). The number of hydrogen-bond donors (Lipinski definition) is 2. The Kier molecular flexibility index (Phi) is 4.01. The van der Waals surface area contributed by atoms with Gasteiger partial charge in [-0.05, 0) is 92.6 Å². The molecular formula is C26H35N5O. The average molecular weight is 434 g/mol.